The number of carboxylic acids is 1. The second-order valence-electron chi connectivity index (χ2n) is 5.31. The minimum atomic E-state index is -1.35. The molecule has 0 aliphatic heterocycles. The Kier molecular flexibility index (Phi) is 5.56. The third kappa shape index (κ3) is 5.61. The van der Waals surface area contributed by atoms with Gasteiger partial charge >= 0.3 is 6.09 Å². The summed E-state index contributed by atoms with van der Waals surface area (Å²) in [5.74, 6) is -1.35. The topological polar surface area (TPSA) is 78.5 Å². The number of halogens is 1. The van der Waals surface area contributed by atoms with Gasteiger partial charge in [0.25, 0.3) is 0 Å². The summed E-state index contributed by atoms with van der Waals surface area (Å²) in [5, 5.41) is 13.4. The molecule has 0 radical (unpaired) electrons. The zero-order valence-electron chi connectivity index (χ0n) is 11.6. The number of carbonyl (C=O) groups excluding carboxylic acids is 2. The number of hydrogen-bond acceptors (Lipinski definition) is 4. The van der Waals surface area contributed by atoms with E-state index in [1.165, 1.54) is 0 Å². The molecular formula is C14H17BrNO4-. The number of amides is 1. The summed E-state index contributed by atoms with van der Waals surface area (Å²) in [6, 6.07) is 6.04. The SMILES string of the molecule is CC(C)(C)OC(=O)N[C@@H](Cc1ccccc1Br)C(=O)[O-]. The maximum absolute atomic E-state index is 11.6. The van der Waals surface area contributed by atoms with E-state index < -0.39 is 23.7 Å². The molecule has 1 aromatic carbocycles. The van der Waals surface area contributed by atoms with Crippen LogP contribution in [0.4, 0.5) is 4.79 Å². The van der Waals surface area contributed by atoms with E-state index in [-0.39, 0.29) is 6.42 Å². The van der Waals surface area contributed by atoms with E-state index in [4.69, 9.17) is 4.74 Å². The zero-order valence-corrected chi connectivity index (χ0v) is 13.2. The van der Waals surface area contributed by atoms with Crippen LogP contribution in [0.2, 0.25) is 0 Å². The Hall–Kier alpha value is -1.56. The highest BCUT2D eigenvalue weighted by atomic mass is 79.9. The largest absolute Gasteiger partial charge is 0.548 e. The summed E-state index contributed by atoms with van der Waals surface area (Å²) in [6.45, 7) is 5.11. The standard InChI is InChI=1S/C14H18BrNO4/c1-14(2,3)20-13(19)16-11(12(17)18)8-9-6-4-5-7-10(9)15/h4-7,11H,8H2,1-3H3,(H,16,19)(H,17,18)/p-1/t11-/m0/s1. The number of hydrogen-bond donors (Lipinski definition) is 1. The quantitative estimate of drug-likeness (QED) is 0.901. The first-order chi connectivity index (χ1) is 9.19. The molecule has 0 aromatic heterocycles. The van der Waals surface area contributed by atoms with Gasteiger partial charge in [-0.25, -0.2) is 4.79 Å². The molecule has 0 spiro atoms. The Balaban J connectivity index is 2.74. The van der Waals surface area contributed by atoms with Crippen molar-refractivity contribution in [1.82, 2.24) is 5.32 Å². The van der Waals surface area contributed by atoms with Gasteiger partial charge in [0.2, 0.25) is 0 Å². The van der Waals surface area contributed by atoms with Gasteiger partial charge in [0.05, 0.1) is 12.0 Å². The van der Waals surface area contributed by atoms with Crippen molar-refractivity contribution in [3.8, 4) is 0 Å². The normalized spacial score (nSPS) is 12.6. The molecule has 0 unspecified atom stereocenters. The number of ether oxygens (including phenoxy) is 1. The van der Waals surface area contributed by atoms with E-state index in [0.717, 1.165) is 10.0 Å². The van der Waals surface area contributed by atoms with Crippen LogP contribution in [0.1, 0.15) is 26.3 Å². The molecule has 110 valence electrons. The molecule has 6 heteroatoms. The van der Waals surface area contributed by atoms with Gasteiger partial charge < -0.3 is 20.0 Å². The highest BCUT2D eigenvalue weighted by Crippen LogP contribution is 2.17. The summed E-state index contributed by atoms with van der Waals surface area (Å²) in [4.78, 5) is 22.7. The minimum absolute atomic E-state index is 0.114. The van der Waals surface area contributed by atoms with E-state index in [0.29, 0.717) is 0 Å². The molecule has 1 aromatic rings. The van der Waals surface area contributed by atoms with Gasteiger partial charge in [0.15, 0.2) is 0 Å². The summed E-state index contributed by atoms with van der Waals surface area (Å²) in [6.07, 6.45) is -0.665. The molecule has 5 nitrogen and oxygen atoms in total. The molecule has 0 saturated carbocycles. The Bertz CT molecular complexity index is 496. The highest BCUT2D eigenvalue weighted by molar-refractivity contribution is 9.10. The number of aliphatic carboxylic acids is 1. The summed E-state index contributed by atoms with van der Waals surface area (Å²) >= 11 is 3.33. The van der Waals surface area contributed by atoms with Gasteiger partial charge in [0, 0.05) is 4.47 Å². The molecule has 20 heavy (non-hydrogen) atoms. The third-order valence-corrected chi connectivity index (χ3v) is 3.13. The molecule has 1 N–H and O–H groups in total. The zero-order chi connectivity index (χ0) is 15.3. The second kappa shape index (κ2) is 6.74. The first-order valence-electron chi connectivity index (χ1n) is 6.13. The summed E-state index contributed by atoms with van der Waals surface area (Å²) < 4.78 is 5.81. The second-order valence-corrected chi connectivity index (χ2v) is 6.17. The Morgan fingerprint density at radius 3 is 2.45 bits per heavy atom. The predicted octanol–water partition coefficient (Wildman–Crippen LogP) is 1.63. The Morgan fingerprint density at radius 1 is 1.35 bits per heavy atom. The highest BCUT2D eigenvalue weighted by Gasteiger charge is 2.20. The van der Waals surface area contributed by atoms with Crippen LogP contribution in [-0.2, 0) is 16.0 Å². The first-order valence-corrected chi connectivity index (χ1v) is 6.92. The number of benzene rings is 1. The number of alkyl carbamates (subject to hydrolysis) is 1. The fraction of sp³-hybridized carbons (Fsp3) is 0.429. The van der Waals surface area contributed by atoms with E-state index in [1.807, 2.05) is 6.07 Å². The Labute approximate surface area is 126 Å². The number of nitrogens with one attached hydrogen (secondary N) is 1. The van der Waals surface area contributed by atoms with Crippen LogP contribution in [-0.4, -0.2) is 23.7 Å². The molecule has 1 rings (SSSR count). The van der Waals surface area contributed by atoms with Crippen molar-refractivity contribution in [2.75, 3.05) is 0 Å². The van der Waals surface area contributed by atoms with Crippen LogP contribution < -0.4 is 10.4 Å². The lowest BCUT2D eigenvalue weighted by atomic mass is 10.1. The van der Waals surface area contributed by atoms with Crippen LogP contribution in [0.15, 0.2) is 28.7 Å². The number of rotatable bonds is 4. The maximum atomic E-state index is 11.6. The van der Waals surface area contributed by atoms with Crippen molar-refractivity contribution in [1.29, 1.82) is 0 Å². The molecule has 0 bridgehead atoms. The van der Waals surface area contributed by atoms with Crippen molar-refractivity contribution in [2.24, 2.45) is 0 Å². The molecule has 0 aliphatic carbocycles. The smallest absolute Gasteiger partial charge is 0.408 e. The molecule has 0 saturated heterocycles. The summed E-state index contributed by atoms with van der Waals surface area (Å²) in [5.41, 5.74) is 0.0752. The van der Waals surface area contributed by atoms with Gasteiger partial charge in [-0.2, -0.15) is 0 Å². The van der Waals surface area contributed by atoms with Gasteiger partial charge in [-0.05, 0) is 38.8 Å². The van der Waals surface area contributed by atoms with Crippen molar-refractivity contribution in [3.63, 3.8) is 0 Å². The predicted molar refractivity (Wildman–Crippen MR) is 76.0 cm³/mol. The molecular weight excluding hydrogens is 326 g/mol. The van der Waals surface area contributed by atoms with Gasteiger partial charge in [0.1, 0.15) is 5.60 Å². The van der Waals surface area contributed by atoms with E-state index in [9.17, 15) is 14.7 Å². The van der Waals surface area contributed by atoms with E-state index >= 15 is 0 Å². The van der Waals surface area contributed by atoms with Crippen LogP contribution in [0, 0.1) is 0 Å². The third-order valence-electron chi connectivity index (χ3n) is 2.36. The summed E-state index contributed by atoms with van der Waals surface area (Å²) in [7, 11) is 0. The lowest BCUT2D eigenvalue weighted by molar-refractivity contribution is -0.308. The van der Waals surface area contributed by atoms with E-state index in [2.05, 4.69) is 21.2 Å². The minimum Gasteiger partial charge on any atom is -0.548 e. The molecule has 0 aliphatic rings. The monoisotopic (exact) mass is 342 g/mol. The molecule has 1 atom stereocenters. The van der Waals surface area contributed by atoms with E-state index in [1.54, 1.807) is 39.0 Å². The van der Waals surface area contributed by atoms with Crippen LogP contribution >= 0.6 is 15.9 Å². The first kappa shape index (κ1) is 16.5. The van der Waals surface area contributed by atoms with Gasteiger partial charge in [-0.15, -0.1) is 0 Å². The van der Waals surface area contributed by atoms with Gasteiger partial charge in [-0.3, -0.25) is 0 Å². The molecule has 1 amide bonds. The average molecular weight is 343 g/mol. The van der Waals surface area contributed by atoms with Crippen molar-refractivity contribution >= 4 is 28.0 Å². The van der Waals surface area contributed by atoms with Crippen molar-refractivity contribution in [2.45, 2.75) is 38.8 Å². The number of carbonyl (C=O) groups is 2. The van der Waals surface area contributed by atoms with Crippen LogP contribution in [0.3, 0.4) is 0 Å². The maximum Gasteiger partial charge on any atom is 0.408 e. The number of carboxylic acid groups (broad SMARTS) is 1. The lowest BCUT2D eigenvalue weighted by Crippen LogP contribution is -2.50. The van der Waals surface area contributed by atoms with Crippen molar-refractivity contribution in [3.05, 3.63) is 34.3 Å². The molecule has 0 heterocycles. The molecule has 0 fully saturated rings. The van der Waals surface area contributed by atoms with Crippen LogP contribution in [0.5, 0.6) is 0 Å². The fourth-order valence-corrected chi connectivity index (χ4v) is 1.97. The van der Waals surface area contributed by atoms with Crippen LogP contribution in [0.25, 0.3) is 0 Å². The lowest BCUT2D eigenvalue weighted by Gasteiger charge is -2.24. The van der Waals surface area contributed by atoms with Crippen molar-refractivity contribution < 1.29 is 19.4 Å². The van der Waals surface area contributed by atoms with Gasteiger partial charge in [-0.1, -0.05) is 34.1 Å². The Morgan fingerprint density at radius 2 is 1.95 bits per heavy atom. The fourth-order valence-electron chi connectivity index (χ4n) is 1.53. The average Bonchev–Trinajstić information content (AvgIpc) is 2.28.